The number of thiophene rings is 1. The molecular weight excluding hydrogens is 458 g/mol. The number of para-hydroxylation sites is 1. The molecule has 5 rings (SSSR count). The second kappa shape index (κ2) is 7.95. The molecule has 3 heterocycles. The standard InChI is InChI=1S/C22H18F2N2O4S2/c23-16-5-3-6-17(24)21(16)32(28,29)26-10-8-25(9-11-26)22(27)19-12-14-13-30-18-7-2-1-4-15(18)20(14)31-19/h1-7,12H,8-11,13H2. The zero-order valence-corrected chi connectivity index (χ0v) is 18.4. The molecule has 0 atom stereocenters. The lowest BCUT2D eigenvalue weighted by molar-refractivity contribution is 0.0702. The number of ether oxygens (including phenoxy) is 1. The molecule has 1 saturated heterocycles. The zero-order valence-electron chi connectivity index (χ0n) is 16.8. The van der Waals surface area contributed by atoms with Crippen LogP contribution in [0.25, 0.3) is 10.4 Å². The topological polar surface area (TPSA) is 66.9 Å². The lowest BCUT2D eigenvalue weighted by Gasteiger charge is -2.33. The molecule has 2 aliphatic rings. The van der Waals surface area contributed by atoms with Crippen LogP contribution in [0.4, 0.5) is 8.78 Å². The smallest absolute Gasteiger partial charge is 0.264 e. The van der Waals surface area contributed by atoms with Crippen LogP contribution >= 0.6 is 11.3 Å². The zero-order chi connectivity index (χ0) is 22.5. The Morgan fingerprint density at radius 3 is 2.38 bits per heavy atom. The lowest BCUT2D eigenvalue weighted by atomic mass is 10.1. The van der Waals surface area contributed by atoms with E-state index < -0.39 is 26.6 Å². The Morgan fingerprint density at radius 2 is 1.66 bits per heavy atom. The summed E-state index contributed by atoms with van der Waals surface area (Å²) in [5.41, 5.74) is 1.88. The van der Waals surface area contributed by atoms with E-state index in [4.69, 9.17) is 4.74 Å². The van der Waals surface area contributed by atoms with Crippen LogP contribution in [0, 0.1) is 11.6 Å². The number of piperazine rings is 1. The number of hydrogen-bond donors (Lipinski definition) is 0. The van der Waals surface area contributed by atoms with Gasteiger partial charge in [-0.3, -0.25) is 4.79 Å². The SMILES string of the molecule is O=C(c1cc2c(s1)-c1ccccc1OC2)N1CCN(S(=O)(=O)c2c(F)cccc2F)CC1. The lowest BCUT2D eigenvalue weighted by Crippen LogP contribution is -2.50. The van der Waals surface area contributed by atoms with Crippen molar-refractivity contribution in [1.82, 2.24) is 9.21 Å². The average molecular weight is 477 g/mol. The van der Waals surface area contributed by atoms with E-state index >= 15 is 0 Å². The van der Waals surface area contributed by atoms with Gasteiger partial charge in [-0.05, 0) is 30.3 Å². The van der Waals surface area contributed by atoms with Gasteiger partial charge in [0.25, 0.3) is 5.91 Å². The van der Waals surface area contributed by atoms with E-state index in [2.05, 4.69) is 0 Å². The quantitative estimate of drug-likeness (QED) is 0.578. The third-order valence-electron chi connectivity index (χ3n) is 5.58. The van der Waals surface area contributed by atoms with Crippen molar-refractivity contribution in [1.29, 1.82) is 0 Å². The molecule has 2 aliphatic heterocycles. The summed E-state index contributed by atoms with van der Waals surface area (Å²) in [7, 11) is -4.34. The molecule has 0 saturated carbocycles. The Bertz CT molecular complexity index is 1290. The Hall–Kier alpha value is -2.82. The number of nitrogens with zero attached hydrogens (tertiary/aromatic N) is 2. The van der Waals surface area contributed by atoms with E-state index in [-0.39, 0.29) is 32.1 Å². The number of benzene rings is 2. The van der Waals surface area contributed by atoms with Crippen molar-refractivity contribution >= 4 is 27.3 Å². The summed E-state index contributed by atoms with van der Waals surface area (Å²) < 4.78 is 60.3. The van der Waals surface area contributed by atoms with Crippen LogP contribution in [-0.2, 0) is 16.6 Å². The number of hydrogen-bond acceptors (Lipinski definition) is 5. The van der Waals surface area contributed by atoms with Crippen LogP contribution in [0.3, 0.4) is 0 Å². The van der Waals surface area contributed by atoms with Gasteiger partial charge in [0.1, 0.15) is 24.0 Å². The number of halogens is 2. The van der Waals surface area contributed by atoms with Crippen LogP contribution in [0.2, 0.25) is 0 Å². The Kier molecular flexibility index (Phi) is 5.23. The number of carbonyl (C=O) groups excluding carboxylic acids is 1. The number of fused-ring (bicyclic) bond motifs is 3. The van der Waals surface area contributed by atoms with Gasteiger partial charge in [-0.2, -0.15) is 4.31 Å². The van der Waals surface area contributed by atoms with Crippen LogP contribution in [0.1, 0.15) is 15.2 Å². The molecule has 1 fully saturated rings. The summed E-state index contributed by atoms with van der Waals surface area (Å²) in [4.78, 5) is 15.2. The third-order valence-corrected chi connectivity index (χ3v) is 8.73. The first kappa shape index (κ1) is 21.0. The summed E-state index contributed by atoms with van der Waals surface area (Å²) in [5.74, 6) is -1.68. The van der Waals surface area contributed by atoms with Crippen LogP contribution in [0.15, 0.2) is 53.4 Å². The van der Waals surface area contributed by atoms with E-state index in [1.807, 2.05) is 30.3 Å². The molecule has 166 valence electrons. The van der Waals surface area contributed by atoms with Crippen LogP contribution in [0.5, 0.6) is 5.75 Å². The highest BCUT2D eigenvalue weighted by Crippen LogP contribution is 2.42. The van der Waals surface area contributed by atoms with E-state index in [1.165, 1.54) is 11.3 Å². The molecule has 0 unspecified atom stereocenters. The van der Waals surface area contributed by atoms with Crippen molar-refractivity contribution in [2.45, 2.75) is 11.5 Å². The molecule has 0 spiro atoms. The fourth-order valence-electron chi connectivity index (χ4n) is 3.95. The highest BCUT2D eigenvalue weighted by Gasteiger charge is 2.35. The van der Waals surface area contributed by atoms with Crippen molar-refractivity contribution in [3.05, 3.63) is 70.6 Å². The van der Waals surface area contributed by atoms with Gasteiger partial charge in [0.15, 0.2) is 4.90 Å². The van der Waals surface area contributed by atoms with E-state index in [9.17, 15) is 22.0 Å². The molecule has 32 heavy (non-hydrogen) atoms. The second-order valence-corrected chi connectivity index (χ2v) is 10.4. The number of sulfonamides is 1. The highest BCUT2D eigenvalue weighted by molar-refractivity contribution is 7.89. The predicted octanol–water partition coefficient (Wildman–Crippen LogP) is 3.73. The van der Waals surface area contributed by atoms with E-state index in [0.29, 0.717) is 11.5 Å². The van der Waals surface area contributed by atoms with Crippen molar-refractivity contribution in [3.8, 4) is 16.2 Å². The summed E-state index contributed by atoms with van der Waals surface area (Å²) in [6.45, 7) is 0.557. The molecule has 2 aromatic carbocycles. The van der Waals surface area contributed by atoms with Gasteiger partial charge in [-0.15, -0.1) is 11.3 Å². The summed E-state index contributed by atoms with van der Waals surface area (Å²) in [6, 6.07) is 12.4. The summed E-state index contributed by atoms with van der Waals surface area (Å²) in [6.07, 6.45) is 0. The maximum absolute atomic E-state index is 14.0. The summed E-state index contributed by atoms with van der Waals surface area (Å²) >= 11 is 1.38. The number of rotatable bonds is 3. The Labute approximate surface area is 187 Å². The Morgan fingerprint density at radius 1 is 0.969 bits per heavy atom. The van der Waals surface area contributed by atoms with Gasteiger partial charge in [0, 0.05) is 42.2 Å². The van der Waals surface area contributed by atoms with Gasteiger partial charge in [-0.1, -0.05) is 18.2 Å². The molecule has 1 amide bonds. The molecule has 0 aliphatic carbocycles. The van der Waals surface area contributed by atoms with Gasteiger partial charge >= 0.3 is 0 Å². The van der Waals surface area contributed by atoms with Gasteiger partial charge in [0.2, 0.25) is 10.0 Å². The molecule has 0 bridgehead atoms. The van der Waals surface area contributed by atoms with Crippen molar-refractivity contribution in [3.63, 3.8) is 0 Å². The average Bonchev–Trinajstić information content (AvgIpc) is 3.23. The minimum Gasteiger partial charge on any atom is -0.488 e. The summed E-state index contributed by atoms with van der Waals surface area (Å²) in [5, 5.41) is 0. The molecule has 10 heteroatoms. The van der Waals surface area contributed by atoms with Crippen molar-refractivity contribution in [2.24, 2.45) is 0 Å². The molecule has 6 nitrogen and oxygen atoms in total. The predicted molar refractivity (Wildman–Crippen MR) is 115 cm³/mol. The third kappa shape index (κ3) is 3.48. The second-order valence-electron chi connectivity index (χ2n) is 7.50. The van der Waals surface area contributed by atoms with Gasteiger partial charge in [-0.25, -0.2) is 17.2 Å². The van der Waals surface area contributed by atoms with Gasteiger partial charge < -0.3 is 9.64 Å². The van der Waals surface area contributed by atoms with Crippen molar-refractivity contribution in [2.75, 3.05) is 26.2 Å². The first-order valence-electron chi connectivity index (χ1n) is 9.94. The minimum atomic E-state index is -4.34. The molecule has 3 aromatic rings. The maximum atomic E-state index is 14.0. The van der Waals surface area contributed by atoms with E-state index in [0.717, 1.165) is 44.3 Å². The fraction of sp³-hybridized carbons (Fsp3) is 0.227. The fourth-order valence-corrected chi connectivity index (χ4v) is 6.65. The largest absolute Gasteiger partial charge is 0.488 e. The first-order chi connectivity index (χ1) is 15.4. The molecular formula is C22H18F2N2O4S2. The van der Waals surface area contributed by atoms with Crippen LogP contribution in [-0.4, -0.2) is 49.7 Å². The first-order valence-corrected chi connectivity index (χ1v) is 12.2. The maximum Gasteiger partial charge on any atom is 0.264 e. The Balaban J connectivity index is 1.33. The molecule has 0 N–H and O–H groups in total. The van der Waals surface area contributed by atoms with Crippen LogP contribution < -0.4 is 4.74 Å². The van der Waals surface area contributed by atoms with Crippen molar-refractivity contribution < 1.29 is 26.7 Å². The highest BCUT2D eigenvalue weighted by atomic mass is 32.2. The van der Waals surface area contributed by atoms with Gasteiger partial charge in [0.05, 0.1) is 4.88 Å². The van der Waals surface area contributed by atoms with E-state index in [1.54, 1.807) is 4.90 Å². The molecule has 1 aromatic heterocycles. The minimum absolute atomic E-state index is 0.0428. The number of carbonyl (C=O) groups is 1. The monoisotopic (exact) mass is 476 g/mol. The normalized spacial score (nSPS) is 16.2. The number of amides is 1. The molecule has 0 radical (unpaired) electrons.